The summed E-state index contributed by atoms with van der Waals surface area (Å²) in [5.74, 6) is 0.105. The highest BCUT2D eigenvalue weighted by Crippen LogP contribution is 2.36. The molecule has 0 radical (unpaired) electrons. The van der Waals surface area contributed by atoms with Crippen molar-refractivity contribution in [2.24, 2.45) is 0 Å². The molecule has 1 aliphatic rings. The number of ether oxygens (including phenoxy) is 2. The van der Waals surface area contributed by atoms with Crippen LogP contribution in [0.5, 0.6) is 11.5 Å². The van der Waals surface area contributed by atoms with Gasteiger partial charge in [0.1, 0.15) is 0 Å². The maximum atomic E-state index is 11.1. The third kappa shape index (κ3) is 1.68. The van der Waals surface area contributed by atoms with Crippen molar-refractivity contribution in [3.8, 4) is 22.6 Å². The van der Waals surface area contributed by atoms with Crippen molar-refractivity contribution < 1.29 is 19.4 Å². The van der Waals surface area contributed by atoms with Crippen molar-refractivity contribution in [1.29, 1.82) is 0 Å². The quantitative estimate of drug-likeness (QED) is 0.798. The zero-order chi connectivity index (χ0) is 12.5. The van der Waals surface area contributed by atoms with Crippen LogP contribution in [-0.4, -0.2) is 12.8 Å². The van der Waals surface area contributed by atoms with E-state index in [0.717, 1.165) is 5.56 Å². The molecule has 0 unspecified atom stereocenters. The standard InChI is InChI=1S/C14H10O4/c15-14(16)11-4-2-1-3-10(11)9-5-6-12-13(7-9)18-8-17-12/h1-7H,8H2,(H,15,16)/p-1. The number of aromatic carboxylic acids is 1. The summed E-state index contributed by atoms with van der Waals surface area (Å²) in [4.78, 5) is 11.1. The van der Waals surface area contributed by atoms with Gasteiger partial charge in [-0.1, -0.05) is 30.3 Å². The Labute approximate surface area is 103 Å². The molecular formula is C14H9O4-. The van der Waals surface area contributed by atoms with Gasteiger partial charge in [0.15, 0.2) is 11.5 Å². The first kappa shape index (κ1) is 10.7. The minimum atomic E-state index is -1.19. The van der Waals surface area contributed by atoms with Gasteiger partial charge >= 0.3 is 0 Å². The predicted octanol–water partition coefficient (Wildman–Crippen LogP) is 1.45. The van der Waals surface area contributed by atoms with Crippen LogP contribution in [0, 0.1) is 0 Å². The first-order chi connectivity index (χ1) is 8.75. The lowest BCUT2D eigenvalue weighted by atomic mass is 9.99. The zero-order valence-electron chi connectivity index (χ0n) is 9.38. The minimum Gasteiger partial charge on any atom is -0.545 e. The fourth-order valence-corrected chi connectivity index (χ4v) is 1.98. The van der Waals surface area contributed by atoms with Gasteiger partial charge in [-0.25, -0.2) is 0 Å². The fourth-order valence-electron chi connectivity index (χ4n) is 1.98. The molecule has 3 rings (SSSR count). The topological polar surface area (TPSA) is 58.6 Å². The molecule has 0 N–H and O–H groups in total. The molecular weight excluding hydrogens is 232 g/mol. The number of carbonyl (C=O) groups is 1. The minimum absolute atomic E-state index is 0.163. The second-order valence-electron chi connectivity index (χ2n) is 3.90. The first-order valence-corrected chi connectivity index (χ1v) is 5.46. The van der Waals surface area contributed by atoms with Crippen molar-refractivity contribution in [2.45, 2.75) is 0 Å². The number of benzene rings is 2. The van der Waals surface area contributed by atoms with Gasteiger partial charge in [0.25, 0.3) is 0 Å². The van der Waals surface area contributed by atoms with Crippen molar-refractivity contribution in [3.05, 3.63) is 48.0 Å². The van der Waals surface area contributed by atoms with Crippen LogP contribution < -0.4 is 14.6 Å². The summed E-state index contributed by atoms with van der Waals surface area (Å²) in [5, 5.41) is 11.1. The summed E-state index contributed by atoms with van der Waals surface area (Å²) >= 11 is 0. The van der Waals surface area contributed by atoms with E-state index in [-0.39, 0.29) is 12.4 Å². The molecule has 4 nitrogen and oxygen atoms in total. The maximum absolute atomic E-state index is 11.1. The lowest BCUT2D eigenvalue weighted by molar-refractivity contribution is -0.254. The summed E-state index contributed by atoms with van der Waals surface area (Å²) in [6.45, 7) is 0.195. The van der Waals surface area contributed by atoms with E-state index in [1.807, 2.05) is 0 Å². The molecule has 90 valence electrons. The van der Waals surface area contributed by atoms with Gasteiger partial charge < -0.3 is 19.4 Å². The number of fused-ring (bicyclic) bond motifs is 1. The highest BCUT2D eigenvalue weighted by Gasteiger charge is 2.15. The van der Waals surface area contributed by atoms with Crippen LogP contribution in [0.4, 0.5) is 0 Å². The molecule has 1 aliphatic heterocycles. The van der Waals surface area contributed by atoms with Crippen molar-refractivity contribution >= 4 is 5.97 Å². The molecule has 1 heterocycles. The summed E-state index contributed by atoms with van der Waals surface area (Å²) in [6.07, 6.45) is 0. The van der Waals surface area contributed by atoms with Gasteiger partial charge in [-0.2, -0.15) is 0 Å². The van der Waals surface area contributed by atoms with Crippen molar-refractivity contribution in [3.63, 3.8) is 0 Å². The summed E-state index contributed by atoms with van der Waals surface area (Å²) in [6, 6.07) is 12.1. The molecule has 2 aromatic carbocycles. The molecule has 4 heteroatoms. The second kappa shape index (κ2) is 4.07. The zero-order valence-corrected chi connectivity index (χ0v) is 9.38. The molecule has 0 aliphatic carbocycles. The smallest absolute Gasteiger partial charge is 0.231 e. The highest BCUT2D eigenvalue weighted by molar-refractivity contribution is 5.94. The normalized spacial score (nSPS) is 12.4. The predicted molar refractivity (Wildman–Crippen MR) is 62.3 cm³/mol. The summed E-state index contributed by atoms with van der Waals surface area (Å²) in [7, 11) is 0. The number of carboxylic acid groups (broad SMARTS) is 1. The van der Waals surface area contributed by atoms with Gasteiger partial charge in [-0.05, 0) is 23.3 Å². The third-order valence-corrected chi connectivity index (χ3v) is 2.83. The Morgan fingerprint density at radius 2 is 1.83 bits per heavy atom. The molecule has 0 amide bonds. The lowest BCUT2D eigenvalue weighted by Gasteiger charge is -2.10. The van der Waals surface area contributed by atoms with E-state index in [0.29, 0.717) is 17.1 Å². The van der Waals surface area contributed by atoms with Crippen LogP contribution in [0.15, 0.2) is 42.5 Å². The molecule has 18 heavy (non-hydrogen) atoms. The SMILES string of the molecule is O=C([O-])c1ccccc1-c1ccc2c(c1)OCO2. The Hall–Kier alpha value is -2.49. The Balaban J connectivity index is 2.13. The molecule has 0 aromatic heterocycles. The molecule has 0 saturated carbocycles. The monoisotopic (exact) mass is 241 g/mol. The van der Waals surface area contributed by atoms with E-state index >= 15 is 0 Å². The highest BCUT2D eigenvalue weighted by atomic mass is 16.7. The molecule has 0 spiro atoms. The number of hydrogen-bond acceptors (Lipinski definition) is 4. The van der Waals surface area contributed by atoms with Gasteiger partial charge in [0.2, 0.25) is 6.79 Å². The fraction of sp³-hybridized carbons (Fsp3) is 0.0714. The summed E-state index contributed by atoms with van der Waals surface area (Å²) < 4.78 is 10.5. The van der Waals surface area contributed by atoms with Crippen LogP contribution in [0.2, 0.25) is 0 Å². The van der Waals surface area contributed by atoms with Crippen LogP contribution >= 0.6 is 0 Å². The third-order valence-electron chi connectivity index (χ3n) is 2.83. The largest absolute Gasteiger partial charge is 0.545 e. The maximum Gasteiger partial charge on any atom is 0.231 e. The van der Waals surface area contributed by atoms with E-state index in [9.17, 15) is 9.90 Å². The van der Waals surface area contributed by atoms with Crippen LogP contribution in [0.1, 0.15) is 10.4 Å². The first-order valence-electron chi connectivity index (χ1n) is 5.46. The van der Waals surface area contributed by atoms with Crippen molar-refractivity contribution in [2.75, 3.05) is 6.79 Å². The number of hydrogen-bond donors (Lipinski definition) is 0. The Morgan fingerprint density at radius 1 is 1.06 bits per heavy atom. The average molecular weight is 241 g/mol. The van der Waals surface area contributed by atoms with E-state index in [1.54, 1.807) is 36.4 Å². The average Bonchev–Trinajstić information content (AvgIpc) is 2.85. The molecule has 0 bridgehead atoms. The van der Waals surface area contributed by atoms with Gasteiger partial charge in [-0.15, -0.1) is 0 Å². The van der Waals surface area contributed by atoms with Gasteiger partial charge in [0.05, 0.1) is 5.97 Å². The Morgan fingerprint density at radius 3 is 2.67 bits per heavy atom. The van der Waals surface area contributed by atoms with E-state index < -0.39 is 5.97 Å². The Kier molecular flexibility index (Phi) is 2.41. The Bertz CT molecular complexity index is 619. The number of rotatable bonds is 2. The molecule has 0 atom stereocenters. The van der Waals surface area contributed by atoms with Gasteiger partial charge in [-0.3, -0.25) is 0 Å². The molecule has 2 aromatic rings. The van der Waals surface area contributed by atoms with Crippen LogP contribution in [-0.2, 0) is 0 Å². The second-order valence-corrected chi connectivity index (χ2v) is 3.90. The summed E-state index contributed by atoms with van der Waals surface area (Å²) in [5.41, 5.74) is 1.53. The van der Waals surface area contributed by atoms with E-state index in [2.05, 4.69) is 0 Å². The molecule has 0 saturated heterocycles. The number of carbonyl (C=O) groups excluding carboxylic acids is 1. The van der Waals surface area contributed by atoms with Gasteiger partial charge in [0, 0.05) is 5.56 Å². The van der Waals surface area contributed by atoms with E-state index in [4.69, 9.17) is 9.47 Å². The van der Waals surface area contributed by atoms with E-state index in [1.165, 1.54) is 6.07 Å². The van der Waals surface area contributed by atoms with Crippen molar-refractivity contribution in [1.82, 2.24) is 0 Å². The number of carboxylic acids is 1. The van der Waals surface area contributed by atoms with Crippen LogP contribution in [0.3, 0.4) is 0 Å². The van der Waals surface area contributed by atoms with Crippen LogP contribution in [0.25, 0.3) is 11.1 Å². The lowest BCUT2D eigenvalue weighted by Crippen LogP contribution is -2.22. The molecule has 0 fully saturated rings.